The predicted molar refractivity (Wildman–Crippen MR) is 110 cm³/mol. The van der Waals surface area contributed by atoms with Gasteiger partial charge in [-0.1, -0.05) is 18.2 Å². The van der Waals surface area contributed by atoms with Gasteiger partial charge in [0, 0.05) is 18.3 Å². The molecule has 0 atom stereocenters. The summed E-state index contributed by atoms with van der Waals surface area (Å²) in [6.45, 7) is 3.65. The average Bonchev–Trinajstić information content (AvgIpc) is 2.70. The number of carbonyl (C=O) groups excluding carboxylic acids is 2. The lowest BCUT2D eigenvalue weighted by Gasteiger charge is -2.22. The van der Waals surface area contributed by atoms with E-state index < -0.39 is 18.5 Å². The van der Waals surface area contributed by atoms with Crippen molar-refractivity contribution in [1.82, 2.24) is 0 Å². The number of rotatable bonds is 7. The van der Waals surface area contributed by atoms with Crippen molar-refractivity contribution in [1.29, 1.82) is 10.5 Å². The molecule has 0 fully saturated rings. The van der Waals surface area contributed by atoms with Crippen LogP contribution in [-0.2, 0) is 14.3 Å². The first-order valence-corrected chi connectivity index (χ1v) is 9.03. The third-order valence-electron chi connectivity index (χ3n) is 4.06. The van der Waals surface area contributed by atoms with Crippen LogP contribution in [0.2, 0.25) is 0 Å². The largest absolute Gasteiger partial charge is 0.452 e. The second-order valence-electron chi connectivity index (χ2n) is 6.47. The maximum atomic E-state index is 12.6. The number of carbonyl (C=O) groups is 2. The standard InChI is InChI=1S/C23H21N3O3/c1-17-12-18(2)14-21(13-17)26(11-3-10-24)22(27)16-29-23(28)9-8-19-4-6-20(15-25)7-5-19/h4-9,12-14H,3,11,16H2,1-2H3/b9-8+. The molecule has 0 saturated heterocycles. The highest BCUT2D eigenvalue weighted by atomic mass is 16.5. The molecule has 6 heteroatoms. The Hall–Kier alpha value is -3.90. The zero-order valence-corrected chi connectivity index (χ0v) is 16.4. The van der Waals surface area contributed by atoms with E-state index >= 15 is 0 Å². The minimum absolute atomic E-state index is 0.172. The number of nitriles is 2. The van der Waals surface area contributed by atoms with Crippen LogP contribution >= 0.6 is 0 Å². The summed E-state index contributed by atoms with van der Waals surface area (Å²) in [6, 6.07) is 16.5. The van der Waals surface area contributed by atoms with Crippen LogP contribution in [0.1, 0.15) is 28.7 Å². The van der Waals surface area contributed by atoms with Gasteiger partial charge in [-0.2, -0.15) is 10.5 Å². The first kappa shape index (κ1) is 21.4. The molecule has 0 heterocycles. The van der Waals surface area contributed by atoms with Crippen LogP contribution in [0, 0.1) is 36.5 Å². The molecule has 29 heavy (non-hydrogen) atoms. The summed E-state index contributed by atoms with van der Waals surface area (Å²) >= 11 is 0. The molecule has 0 N–H and O–H groups in total. The second-order valence-corrected chi connectivity index (χ2v) is 6.47. The Morgan fingerprint density at radius 3 is 2.31 bits per heavy atom. The third-order valence-corrected chi connectivity index (χ3v) is 4.06. The van der Waals surface area contributed by atoms with Crippen molar-refractivity contribution < 1.29 is 14.3 Å². The number of amides is 1. The van der Waals surface area contributed by atoms with Crippen LogP contribution in [0.25, 0.3) is 6.08 Å². The molecule has 0 unspecified atom stereocenters. The highest BCUT2D eigenvalue weighted by Crippen LogP contribution is 2.19. The summed E-state index contributed by atoms with van der Waals surface area (Å²) < 4.78 is 5.06. The lowest BCUT2D eigenvalue weighted by atomic mass is 10.1. The Bertz CT molecular complexity index is 975. The van der Waals surface area contributed by atoms with Crippen molar-refractivity contribution in [3.8, 4) is 12.1 Å². The molecular weight excluding hydrogens is 366 g/mol. The molecule has 0 bridgehead atoms. The number of nitrogens with zero attached hydrogens (tertiary/aromatic N) is 3. The molecule has 146 valence electrons. The Kier molecular flexibility index (Phi) is 7.70. The van der Waals surface area contributed by atoms with Crippen molar-refractivity contribution >= 4 is 23.6 Å². The van der Waals surface area contributed by atoms with Crippen LogP contribution in [-0.4, -0.2) is 25.0 Å². The van der Waals surface area contributed by atoms with Crippen LogP contribution < -0.4 is 4.90 Å². The molecule has 0 aliphatic carbocycles. The van der Waals surface area contributed by atoms with Crippen LogP contribution in [0.3, 0.4) is 0 Å². The number of anilines is 1. The van der Waals surface area contributed by atoms with Crippen molar-refractivity contribution in [3.05, 3.63) is 70.8 Å². The van der Waals surface area contributed by atoms with Gasteiger partial charge in [-0.3, -0.25) is 4.79 Å². The molecule has 0 spiro atoms. The SMILES string of the molecule is Cc1cc(C)cc(N(CCC#N)C(=O)COC(=O)/C=C/c2ccc(C#N)cc2)c1. The molecule has 0 aromatic heterocycles. The number of hydrogen-bond acceptors (Lipinski definition) is 5. The van der Waals surface area contributed by atoms with Crippen molar-refractivity contribution in [2.45, 2.75) is 20.3 Å². The highest BCUT2D eigenvalue weighted by Gasteiger charge is 2.17. The van der Waals surface area contributed by atoms with Crippen molar-refractivity contribution in [2.24, 2.45) is 0 Å². The number of ether oxygens (including phenoxy) is 1. The van der Waals surface area contributed by atoms with Gasteiger partial charge in [0.25, 0.3) is 5.91 Å². The normalized spacial score (nSPS) is 10.2. The van der Waals surface area contributed by atoms with Gasteiger partial charge in [0.15, 0.2) is 6.61 Å². The number of hydrogen-bond donors (Lipinski definition) is 0. The molecular formula is C23H21N3O3. The summed E-state index contributed by atoms with van der Waals surface area (Å²) in [6.07, 6.45) is 2.95. The lowest BCUT2D eigenvalue weighted by molar-refractivity contribution is -0.142. The molecule has 0 aliphatic rings. The van der Waals surface area contributed by atoms with Gasteiger partial charge < -0.3 is 9.64 Å². The third kappa shape index (κ3) is 6.64. The van der Waals surface area contributed by atoms with Crippen LogP contribution in [0.5, 0.6) is 0 Å². The monoisotopic (exact) mass is 387 g/mol. The Morgan fingerprint density at radius 2 is 1.72 bits per heavy atom. The fourth-order valence-electron chi connectivity index (χ4n) is 2.76. The van der Waals surface area contributed by atoms with E-state index in [4.69, 9.17) is 15.3 Å². The zero-order valence-electron chi connectivity index (χ0n) is 16.4. The van der Waals surface area contributed by atoms with E-state index in [-0.39, 0.29) is 13.0 Å². The van der Waals surface area contributed by atoms with E-state index in [9.17, 15) is 9.59 Å². The van der Waals surface area contributed by atoms with E-state index in [0.717, 1.165) is 16.7 Å². The fraction of sp³-hybridized carbons (Fsp3) is 0.217. The van der Waals surface area contributed by atoms with E-state index in [1.165, 1.54) is 11.0 Å². The fourth-order valence-corrected chi connectivity index (χ4v) is 2.76. The maximum Gasteiger partial charge on any atom is 0.331 e. The minimum Gasteiger partial charge on any atom is -0.452 e. The van der Waals surface area contributed by atoms with Gasteiger partial charge in [0.1, 0.15) is 0 Å². The zero-order chi connectivity index (χ0) is 21.2. The van der Waals surface area contributed by atoms with Gasteiger partial charge in [-0.05, 0) is 60.9 Å². The first-order valence-electron chi connectivity index (χ1n) is 9.03. The van der Waals surface area contributed by atoms with Crippen LogP contribution in [0.4, 0.5) is 5.69 Å². The maximum absolute atomic E-state index is 12.6. The van der Waals surface area contributed by atoms with Gasteiger partial charge in [0.05, 0.1) is 24.1 Å². The molecule has 6 nitrogen and oxygen atoms in total. The molecule has 2 rings (SSSR count). The summed E-state index contributed by atoms with van der Waals surface area (Å²) in [5, 5.41) is 17.7. The first-order chi connectivity index (χ1) is 13.9. The second kappa shape index (κ2) is 10.4. The Balaban J connectivity index is 2.01. The van der Waals surface area contributed by atoms with Crippen molar-refractivity contribution in [3.63, 3.8) is 0 Å². The minimum atomic E-state index is -0.650. The summed E-state index contributed by atoms with van der Waals surface area (Å²) in [7, 11) is 0. The molecule has 0 saturated carbocycles. The summed E-state index contributed by atoms with van der Waals surface area (Å²) in [4.78, 5) is 26.0. The average molecular weight is 387 g/mol. The number of aryl methyl sites for hydroxylation is 2. The highest BCUT2D eigenvalue weighted by molar-refractivity contribution is 5.96. The van der Waals surface area contributed by atoms with E-state index in [1.807, 2.05) is 44.2 Å². The quantitative estimate of drug-likeness (QED) is 0.533. The summed E-state index contributed by atoms with van der Waals surface area (Å²) in [5.74, 6) is -1.05. The Labute approximate surface area is 170 Å². The van der Waals surface area contributed by atoms with Gasteiger partial charge in [0.2, 0.25) is 0 Å². The lowest BCUT2D eigenvalue weighted by Crippen LogP contribution is -2.35. The summed E-state index contributed by atoms with van der Waals surface area (Å²) in [5.41, 5.74) is 3.93. The van der Waals surface area contributed by atoms with Gasteiger partial charge in [-0.25, -0.2) is 4.79 Å². The van der Waals surface area contributed by atoms with Gasteiger partial charge in [-0.15, -0.1) is 0 Å². The number of benzene rings is 2. The van der Waals surface area contributed by atoms with Crippen LogP contribution in [0.15, 0.2) is 48.5 Å². The van der Waals surface area contributed by atoms with E-state index in [2.05, 4.69) is 0 Å². The Morgan fingerprint density at radius 1 is 1.07 bits per heavy atom. The predicted octanol–water partition coefficient (Wildman–Crippen LogP) is 3.68. The molecule has 0 aliphatic heterocycles. The molecule has 1 amide bonds. The molecule has 0 radical (unpaired) electrons. The number of esters is 1. The van der Waals surface area contributed by atoms with Crippen molar-refractivity contribution in [2.75, 3.05) is 18.1 Å². The topological polar surface area (TPSA) is 94.2 Å². The smallest absolute Gasteiger partial charge is 0.331 e. The van der Waals surface area contributed by atoms with E-state index in [0.29, 0.717) is 11.3 Å². The molecule has 2 aromatic rings. The van der Waals surface area contributed by atoms with E-state index in [1.54, 1.807) is 30.3 Å². The van der Waals surface area contributed by atoms with Gasteiger partial charge >= 0.3 is 5.97 Å². The molecule has 2 aromatic carbocycles.